The summed E-state index contributed by atoms with van der Waals surface area (Å²) in [6.45, 7) is 23.6. The summed E-state index contributed by atoms with van der Waals surface area (Å²) in [7, 11) is 4.42. The Morgan fingerprint density at radius 2 is 0.926 bits per heavy atom. The van der Waals surface area contributed by atoms with Crippen LogP contribution in [0, 0.1) is 0 Å². The summed E-state index contributed by atoms with van der Waals surface area (Å²) in [5.74, 6) is -2.51. The molecule has 0 spiro atoms. The number of aromatic amines is 2. The van der Waals surface area contributed by atoms with Gasteiger partial charge in [-0.3, -0.25) is 66.6 Å². The van der Waals surface area contributed by atoms with E-state index in [1.807, 2.05) is 36.6 Å². The summed E-state index contributed by atoms with van der Waals surface area (Å²) in [4.78, 5) is 146. The SMILES string of the molecule is C=C1NC(=O)C=CN1[C@@H]1O[C@H](CCP(=C)(C)C)[C@@H](O)[C@H]1OC.C=C1NC(=O)NC=C1[C@@H]1O[C@H](CCP(=C)(C)C)[C@@H](O)[C@H]1F.C=P(C)(C)CC[C@H]1OC(n2cc(C(=O)CC(C)=O)c(=O)[nH]c2=O)[C@H](O)[C@@H]1O.C=P(C)(C)CC[C@H]1OC(n2cc(C(=O)COC(C)=O)c(=O)[nH]c2=O)[C@H](O)[C@@H]1O.C=P(C)(C)CC[C@H]1O[C@@H](n2ccc(=O)n(C)c2=O)[C@H](OC)[C@@H]1O. The molecule has 121 heavy (non-hydrogen) atoms. The third-order valence-corrected chi connectivity index (χ3v) is 27.5. The predicted octanol–water partition coefficient (Wildman–Crippen LogP) is 0.203. The van der Waals surface area contributed by atoms with Crippen LogP contribution in [0.4, 0.5) is 9.18 Å². The van der Waals surface area contributed by atoms with E-state index in [2.05, 4.69) is 105 Å². The molecule has 0 aliphatic carbocycles. The maximum atomic E-state index is 14.3. The summed E-state index contributed by atoms with van der Waals surface area (Å²) in [6, 6.07) is 0.875. The maximum Gasteiger partial charge on any atom is 0.332 e. The average molecular weight is 1810 g/mol. The molecule has 12 N–H and O–H groups in total. The van der Waals surface area contributed by atoms with E-state index >= 15 is 0 Å². The Bertz CT molecular complexity index is 4990. The number of urea groups is 1. The minimum absolute atomic E-state index is 0.228. The van der Waals surface area contributed by atoms with Crippen molar-refractivity contribution in [3.05, 3.63) is 147 Å². The third kappa shape index (κ3) is 29.0. The molecule has 10 heterocycles. The van der Waals surface area contributed by atoms with Gasteiger partial charge in [0.25, 0.3) is 22.6 Å². The lowest BCUT2D eigenvalue weighted by Gasteiger charge is -2.33. The molecule has 20 atom stereocenters. The van der Waals surface area contributed by atoms with Crippen molar-refractivity contribution in [2.75, 3.05) is 118 Å². The molecule has 0 saturated carbocycles. The normalized spacial score (nSPS) is 28.5. The number of nitrogens with one attached hydrogen (secondary N) is 5. The van der Waals surface area contributed by atoms with Crippen LogP contribution in [0.25, 0.3) is 0 Å². The van der Waals surface area contributed by atoms with E-state index in [1.165, 1.54) is 50.2 Å². The van der Waals surface area contributed by atoms with Crippen LogP contribution >= 0.6 is 34.4 Å². The van der Waals surface area contributed by atoms with Gasteiger partial charge < -0.3 is 94.5 Å². The molecule has 0 aromatic carbocycles. The second-order valence-electron chi connectivity index (χ2n) is 34.0. The Morgan fingerprint density at radius 3 is 1.32 bits per heavy atom. The van der Waals surface area contributed by atoms with Gasteiger partial charge in [-0.2, -0.15) is 0 Å². The molecular weight excluding hydrogens is 1680 g/mol. The molecule has 0 radical (unpaired) electrons. The molecule has 0 bridgehead atoms. The van der Waals surface area contributed by atoms with Crippen LogP contribution in [0.2, 0.25) is 0 Å². The average Bonchev–Trinajstić information content (AvgIpc) is 1.70. The molecule has 7 aliphatic rings. The number of H-pyrrole nitrogens is 2. The van der Waals surface area contributed by atoms with Gasteiger partial charge in [-0.05, 0) is 136 Å². The summed E-state index contributed by atoms with van der Waals surface area (Å²) >= 11 is 0. The van der Waals surface area contributed by atoms with E-state index in [0.29, 0.717) is 48.9 Å². The van der Waals surface area contributed by atoms with Crippen molar-refractivity contribution in [3.63, 3.8) is 0 Å². The number of methoxy groups -OCH3 is 2. The minimum Gasteiger partial charge on any atom is -0.457 e. The fourth-order valence-electron chi connectivity index (χ4n) is 13.4. The highest BCUT2D eigenvalue weighted by Crippen LogP contribution is 2.45. The van der Waals surface area contributed by atoms with E-state index in [0.717, 1.165) is 64.1 Å². The molecule has 3 aromatic heterocycles. The first-order valence-corrected chi connectivity index (χ1v) is 53.9. The van der Waals surface area contributed by atoms with E-state index < -0.39 is 227 Å². The summed E-state index contributed by atoms with van der Waals surface area (Å²) in [6.07, 6.45) is 16.5. The van der Waals surface area contributed by atoms with Crippen molar-refractivity contribution in [2.45, 2.75) is 175 Å². The lowest BCUT2D eigenvalue weighted by molar-refractivity contribution is -0.139. The minimum atomic E-state index is -1.54. The fraction of sp³-hybridized carbons (Fsp3) is 0.603. The number of ketones is 3. The molecule has 5 fully saturated rings. The van der Waals surface area contributed by atoms with Gasteiger partial charge in [-0.15, -0.1) is 65.9 Å². The standard InChI is InChI=1S/C17H25N2O8P.C17H25N2O7P.C15H25N2O5P.C15H25N2O4P.C14H22FN2O3P/c1-9(20)26-8-11(21)10-7-19(17(25)18-15(10)24)16-14(23)13(22)12(27-16)5-6-28(2,3)4;1-9(20)7-11(21)10-8-19(17(25)18-15(10)24)16-14(23)13(22)12(26-16)5-6-27(2,3)4;1-16-11(18)6-8-17(15(16)20)14-13(21-2)12(19)10(22-14)7-9-23(3,4)5;1-10-16-12(18)6-8-17(10)15-14(20-2)13(19)11(21-15)7-9-22(3,4)5;1-8-9(7-16-14(19)17-8)13-11(15)12(18)10(20-13)5-6-21(2,3)4/h7,12-14,16,22-23H,2,5-6,8H2,1,3-4H3,(H,18,24,25);8,12-14,16,22-23H,2,5-7H2,1,3-4H3,(H,18,24,25);6,8,10,12-14,19H,3,7,9H2,1-2,4-5H3;6,8,11,13-15,19H,1,3,7,9H2,2,4-5H3,(H,16,18);7,10-13,18H,1-2,5-6H2,3-4H3,(H2,16,17,19)/t2*12-,13-,14-,16?;10-,12-,13-,14-;11-,13-,14-,15-;10-,11-,12-,13+/m11111/s1. The van der Waals surface area contributed by atoms with Crippen LogP contribution in [0.15, 0.2) is 102 Å². The van der Waals surface area contributed by atoms with Gasteiger partial charge in [0.05, 0.1) is 42.5 Å². The first kappa shape index (κ1) is 103. The lowest BCUT2D eigenvalue weighted by atomic mass is 10.00. The van der Waals surface area contributed by atoms with E-state index in [1.54, 1.807) is 18.2 Å². The number of alkyl halides is 1. The number of hydrogen-bond acceptors (Lipinski definition) is 28. The second kappa shape index (κ2) is 43.2. The Balaban J connectivity index is 0.000000235. The molecule has 10 rings (SSSR count). The van der Waals surface area contributed by atoms with Crippen LogP contribution in [0.3, 0.4) is 0 Å². The molecule has 678 valence electrons. The van der Waals surface area contributed by atoms with E-state index in [4.69, 9.17) is 33.2 Å². The van der Waals surface area contributed by atoms with Gasteiger partial charge in [0.2, 0.25) is 5.78 Å². The van der Waals surface area contributed by atoms with Crippen molar-refractivity contribution in [2.24, 2.45) is 7.05 Å². The number of aliphatic hydroxyl groups is 7. The van der Waals surface area contributed by atoms with Crippen LogP contribution in [0.1, 0.15) is 91.8 Å². The Kier molecular flexibility index (Phi) is 36.7. The van der Waals surface area contributed by atoms with Crippen LogP contribution < -0.4 is 49.7 Å². The van der Waals surface area contributed by atoms with E-state index in [9.17, 15) is 97.7 Å². The van der Waals surface area contributed by atoms with Gasteiger partial charge in [0, 0.05) is 82.6 Å². The second-order valence-corrected chi connectivity index (χ2v) is 55.6. The first-order valence-electron chi connectivity index (χ1n) is 38.6. The number of halogens is 1. The molecular formula is C78H122FN10O27P5. The Labute approximate surface area is 701 Å². The van der Waals surface area contributed by atoms with Crippen molar-refractivity contribution >= 4 is 101 Å². The highest BCUT2D eigenvalue weighted by molar-refractivity contribution is 7.73. The molecule has 5 saturated heterocycles. The monoisotopic (exact) mass is 1800 g/mol. The highest BCUT2D eigenvalue weighted by Gasteiger charge is 2.51. The van der Waals surface area contributed by atoms with Crippen LogP contribution in [0.5, 0.6) is 0 Å². The number of esters is 1. The number of Topliss-reactive ketones (excluding diaryl/α,β-unsaturated/α-hetero) is 3. The van der Waals surface area contributed by atoms with Crippen molar-refractivity contribution < 1.29 is 107 Å². The zero-order valence-electron chi connectivity index (χ0n) is 71.2. The maximum absolute atomic E-state index is 14.3. The summed E-state index contributed by atoms with van der Waals surface area (Å²) in [5, 5.41) is 79.6. The van der Waals surface area contributed by atoms with Crippen molar-refractivity contribution in [1.82, 2.24) is 49.1 Å². The Morgan fingerprint density at radius 1 is 0.529 bits per heavy atom. The smallest absolute Gasteiger partial charge is 0.332 e. The topological polar surface area (TPSA) is 511 Å². The number of rotatable bonds is 28. The molecule has 7 aliphatic heterocycles. The quantitative estimate of drug-likeness (QED) is 0.0200. The predicted molar refractivity (Wildman–Crippen MR) is 471 cm³/mol. The number of carbonyl (C=O) groups excluding carboxylic acids is 6. The van der Waals surface area contributed by atoms with Crippen molar-refractivity contribution in [1.29, 1.82) is 0 Å². The fourth-order valence-corrected chi connectivity index (χ4v) is 18.2. The van der Waals surface area contributed by atoms with E-state index in [-0.39, 0.29) is 23.1 Å². The van der Waals surface area contributed by atoms with Gasteiger partial charge in [0.1, 0.15) is 78.2 Å². The summed E-state index contributed by atoms with van der Waals surface area (Å²) in [5.41, 5.74) is -4.65. The van der Waals surface area contributed by atoms with Crippen molar-refractivity contribution in [3.8, 4) is 0 Å². The van der Waals surface area contributed by atoms with Gasteiger partial charge in [-0.25, -0.2) is 23.6 Å². The third-order valence-electron chi connectivity index (χ3n) is 20.2. The highest BCUT2D eigenvalue weighted by atomic mass is 31.2. The number of amides is 3. The molecule has 2 unspecified atom stereocenters. The zero-order chi connectivity index (χ0) is 91.4. The van der Waals surface area contributed by atoms with Crippen LogP contribution in [-0.2, 0) is 59.3 Å². The number of ether oxygens (including phenoxy) is 8. The summed E-state index contributed by atoms with van der Waals surface area (Å²) < 4.78 is 62.5. The number of hydrogen-bond donors (Lipinski definition) is 12. The molecule has 43 heteroatoms. The zero-order valence-corrected chi connectivity index (χ0v) is 75.6. The molecule has 37 nitrogen and oxygen atoms in total. The number of aliphatic hydroxyl groups excluding tert-OH is 7. The lowest BCUT2D eigenvalue weighted by Crippen LogP contribution is -2.47. The first-order chi connectivity index (χ1) is 55.9. The molecule has 3 amide bonds. The van der Waals surface area contributed by atoms with Gasteiger partial charge in [0.15, 0.2) is 43.5 Å². The number of aromatic nitrogens is 6. The van der Waals surface area contributed by atoms with Crippen LogP contribution in [-0.4, -0.2) is 358 Å². The Hall–Kier alpha value is -7.11. The van der Waals surface area contributed by atoms with Gasteiger partial charge in [-0.1, -0.05) is 13.2 Å². The number of nitrogens with zero attached hydrogens (tertiary/aromatic N) is 5. The number of carbonyl (C=O) groups is 6. The molecule has 3 aromatic rings. The van der Waals surface area contributed by atoms with Gasteiger partial charge >= 0.3 is 29.1 Å². The largest absolute Gasteiger partial charge is 0.457 e.